The predicted molar refractivity (Wildman–Crippen MR) is 44.2 cm³/mol. The summed E-state index contributed by atoms with van der Waals surface area (Å²) < 4.78 is 0. The molecule has 2 nitrogen and oxygen atoms in total. The van der Waals surface area contributed by atoms with E-state index in [2.05, 4.69) is 11.8 Å². The number of rotatable bonds is 1. The summed E-state index contributed by atoms with van der Waals surface area (Å²) in [6.45, 7) is 3.80. The Labute approximate surface area is 66.0 Å². The van der Waals surface area contributed by atoms with E-state index in [-0.39, 0.29) is 6.04 Å². The van der Waals surface area contributed by atoms with Crippen LogP contribution in [-0.2, 0) is 4.79 Å². The molecule has 0 N–H and O–H groups in total. The number of carbonyl (C=O) groups excluding carboxylic acids is 1. The third-order valence-corrected chi connectivity index (χ3v) is 3.35. The minimum Gasteiger partial charge on any atom is -0.298 e. The van der Waals surface area contributed by atoms with Gasteiger partial charge in [0, 0.05) is 5.75 Å². The zero-order valence-corrected chi connectivity index (χ0v) is 7.44. The van der Waals surface area contributed by atoms with Crippen LogP contribution in [0.5, 0.6) is 0 Å². The molecule has 0 aromatic rings. The van der Waals surface area contributed by atoms with E-state index in [1.54, 1.807) is 6.92 Å². The highest BCUT2D eigenvalue weighted by Gasteiger charge is 2.30. The van der Waals surface area contributed by atoms with Gasteiger partial charge in [-0.3, -0.25) is 9.69 Å². The third kappa shape index (κ3) is 1.35. The number of nitrogens with zero attached hydrogens (tertiary/aromatic N) is 1. The molecule has 0 amide bonds. The van der Waals surface area contributed by atoms with Gasteiger partial charge in [-0.1, -0.05) is 0 Å². The number of hydrogen-bond acceptors (Lipinski definition) is 3. The number of thioether (sulfide) groups is 1. The lowest BCUT2D eigenvalue weighted by atomic mass is 10.2. The molecule has 2 atom stereocenters. The fourth-order valence-corrected chi connectivity index (χ4v) is 2.44. The van der Waals surface area contributed by atoms with Crippen LogP contribution in [0.2, 0.25) is 0 Å². The topological polar surface area (TPSA) is 20.3 Å². The van der Waals surface area contributed by atoms with E-state index in [0.29, 0.717) is 11.2 Å². The Morgan fingerprint density at radius 1 is 1.70 bits per heavy atom. The van der Waals surface area contributed by atoms with Crippen molar-refractivity contribution in [2.45, 2.75) is 25.3 Å². The van der Waals surface area contributed by atoms with Gasteiger partial charge in [0.15, 0.2) is 0 Å². The van der Waals surface area contributed by atoms with E-state index in [0.717, 1.165) is 5.75 Å². The summed E-state index contributed by atoms with van der Waals surface area (Å²) in [7, 11) is 2.01. The lowest BCUT2D eigenvalue weighted by molar-refractivity contribution is -0.120. The molecule has 0 aromatic carbocycles. The normalized spacial score (nSPS) is 34.7. The number of likely N-dealkylation sites (N-methyl/N-ethyl adjacent to an activating group) is 1. The van der Waals surface area contributed by atoms with Crippen LogP contribution in [0.3, 0.4) is 0 Å². The molecule has 0 bridgehead atoms. The number of carbonyl (C=O) groups is 1. The standard InChI is InChI=1S/C7H13NOS/c1-5(9)7-4-10-6(2)8(7)3/h6-7H,4H2,1-3H3/t6?,7-/m0/s1. The number of Topliss-reactive ketones (excluding diaryl/α,β-unsaturated/α-hetero) is 1. The maximum atomic E-state index is 10.9. The van der Waals surface area contributed by atoms with Gasteiger partial charge in [-0.05, 0) is 20.9 Å². The molecule has 1 fully saturated rings. The molecular formula is C7H13NOS. The van der Waals surface area contributed by atoms with E-state index < -0.39 is 0 Å². The molecule has 0 saturated carbocycles. The van der Waals surface area contributed by atoms with Crippen LogP contribution in [0.1, 0.15) is 13.8 Å². The molecule has 1 aliphatic rings. The van der Waals surface area contributed by atoms with Crippen LogP contribution in [-0.4, -0.2) is 34.9 Å². The van der Waals surface area contributed by atoms with Gasteiger partial charge in [0.05, 0.1) is 11.4 Å². The SMILES string of the molecule is CC(=O)[C@@H]1CSC(C)N1C. The first-order valence-corrected chi connectivity index (χ1v) is 4.52. The fourth-order valence-electron chi connectivity index (χ4n) is 1.12. The van der Waals surface area contributed by atoms with Gasteiger partial charge in [0.1, 0.15) is 5.78 Å². The molecule has 1 unspecified atom stereocenters. The van der Waals surface area contributed by atoms with Crippen molar-refractivity contribution >= 4 is 17.5 Å². The summed E-state index contributed by atoms with van der Waals surface area (Å²) in [6.07, 6.45) is 0. The first-order chi connectivity index (χ1) is 4.63. The molecular weight excluding hydrogens is 146 g/mol. The van der Waals surface area contributed by atoms with Gasteiger partial charge in [0.25, 0.3) is 0 Å². The molecule has 0 aliphatic carbocycles. The molecule has 1 saturated heterocycles. The van der Waals surface area contributed by atoms with Gasteiger partial charge in [-0.25, -0.2) is 0 Å². The summed E-state index contributed by atoms with van der Waals surface area (Å²) >= 11 is 1.85. The van der Waals surface area contributed by atoms with Gasteiger partial charge in [-0.15, -0.1) is 11.8 Å². The lowest BCUT2D eigenvalue weighted by Crippen LogP contribution is -2.36. The average molecular weight is 159 g/mol. The van der Waals surface area contributed by atoms with Gasteiger partial charge < -0.3 is 0 Å². The molecule has 0 radical (unpaired) electrons. The van der Waals surface area contributed by atoms with E-state index in [9.17, 15) is 4.79 Å². The maximum absolute atomic E-state index is 10.9. The summed E-state index contributed by atoms with van der Waals surface area (Å²) in [6, 6.07) is 0.167. The Hall–Kier alpha value is -0.0200. The summed E-state index contributed by atoms with van der Waals surface area (Å²) in [4.78, 5) is 13.1. The molecule has 1 rings (SSSR count). The lowest BCUT2D eigenvalue weighted by Gasteiger charge is -2.19. The highest BCUT2D eigenvalue weighted by molar-refractivity contribution is 8.00. The second-order valence-corrected chi connectivity index (χ2v) is 4.07. The van der Waals surface area contributed by atoms with E-state index in [1.165, 1.54) is 0 Å². The Kier molecular flexibility index (Phi) is 2.36. The molecule has 0 aromatic heterocycles. The Balaban J connectivity index is 2.57. The van der Waals surface area contributed by atoms with Gasteiger partial charge >= 0.3 is 0 Å². The van der Waals surface area contributed by atoms with Crippen molar-refractivity contribution in [2.75, 3.05) is 12.8 Å². The van der Waals surface area contributed by atoms with Crippen LogP contribution in [0.25, 0.3) is 0 Å². The van der Waals surface area contributed by atoms with Crippen molar-refractivity contribution in [2.24, 2.45) is 0 Å². The van der Waals surface area contributed by atoms with Crippen LogP contribution >= 0.6 is 11.8 Å². The fraction of sp³-hybridized carbons (Fsp3) is 0.857. The molecule has 0 spiro atoms. The van der Waals surface area contributed by atoms with E-state index in [1.807, 2.05) is 18.8 Å². The second kappa shape index (κ2) is 2.93. The van der Waals surface area contributed by atoms with Crippen molar-refractivity contribution in [1.82, 2.24) is 4.90 Å². The summed E-state index contributed by atoms with van der Waals surface area (Å²) in [5.74, 6) is 1.26. The zero-order valence-electron chi connectivity index (χ0n) is 6.63. The van der Waals surface area contributed by atoms with E-state index in [4.69, 9.17) is 0 Å². The first-order valence-electron chi connectivity index (χ1n) is 3.47. The van der Waals surface area contributed by atoms with Crippen molar-refractivity contribution in [3.63, 3.8) is 0 Å². The van der Waals surface area contributed by atoms with Crippen molar-refractivity contribution in [3.05, 3.63) is 0 Å². The quantitative estimate of drug-likeness (QED) is 0.568. The molecule has 58 valence electrons. The second-order valence-electron chi connectivity index (χ2n) is 2.72. The molecule has 10 heavy (non-hydrogen) atoms. The summed E-state index contributed by atoms with van der Waals surface area (Å²) in [5.41, 5.74) is 0. The predicted octanol–water partition coefficient (Wildman–Crippen LogP) is 0.969. The van der Waals surface area contributed by atoms with E-state index >= 15 is 0 Å². The first kappa shape index (κ1) is 8.08. The highest BCUT2D eigenvalue weighted by atomic mass is 32.2. The van der Waals surface area contributed by atoms with Crippen molar-refractivity contribution in [1.29, 1.82) is 0 Å². The van der Waals surface area contributed by atoms with Gasteiger partial charge in [0.2, 0.25) is 0 Å². The minimum absolute atomic E-state index is 0.167. The van der Waals surface area contributed by atoms with Crippen LogP contribution in [0, 0.1) is 0 Å². The molecule has 3 heteroatoms. The average Bonchev–Trinajstić information content (AvgIpc) is 2.14. The monoisotopic (exact) mass is 159 g/mol. The number of ketones is 1. The Morgan fingerprint density at radius 3 is 2.50 bits per heavy atom. The zero-order chi connectivity index (χ0) is 7.72. The highest BCUT2D eigenvalue weighted by Crippen LogP contribution is 2.26. The van der Waals surface area contributed by atoms with Crippen LogP contribution in [0.4, 0.5) is 0 Å². The Bertz CT molecular complexity index is 149. The Morgan fingerprint density at radius 2 is 2.30 bits per heavy atom. The van der Waals surface area contributed by atoms with Crippen molar-refractivity contribution in [3.8, 4) is 0 Å². The smallest absolute Gasteiger partial charge is 0.147 e. The van der Waals surface area contributed by atoms with Crippen LogP contribution < -0.4 is 0 Å². The minimum atomic E-state index is 0.167. The van der Waals surface area contributed by atoms with Gasteiger partial charge in [-0.2, -0.15) is 0 Å². The van der Waals surface area contributed by atoms with Crippen molar-refractivity contribution < 1.29 is 4.79 Å². The van der Waals surface area contributed by atoms with Crippen LogP contribution in [0.15, 0.2) is 0 Å². The number of hydrogen-bond donors (Lipinski definition) is 0. The summed E-state index contributed by atoms with van der Waals surface area (Å²) in [5, 5.41) is 0.508. The molecule has 1 aliphatic heterocycles. The molecule has 1 heterocycles. The maximum Gasteiger partial charge on any atom is 0.147 e. The largest absolute Gasteiger partial charge is 0.298 e. The third-order valence-electron chi connectivity index (χ3n) is 2.03.